The lowest BCUT2D eigenvalue weighted by Gasteiger charge is -2.14. The highest BCUT2D eigenvalue weighted by molar-refractivity contribution is 9.10. The van der Waals surface area contributed by atoms with E-state index < -0.39 is 0 Å². The van der Waals surface area contributed by atoms with E-state index in [0.29, 0.717) is 11.4 Å². The fourth-order valence-electron chi connectivity index (χ4n) is 2.31. The molecule has 2 aromatic rings. The second kappa shape index (κ2) is 5.40. The van der Waals surface area contributed by atoms with Crippen LogP contribution < -0.4 is 5.32 Å². The molecule has 1 aliphatic heterocycles. The molecule has 102 valence electrons. The Kier molecular flexibility index (Phi) is 3.76. The Morgan fingerprint density at radius 3 is 2.80 bits per heavy atom. The van der Waals surface area contributed by atoms with Crippen molar-refractivity contribution < 1.29 is 4.79 Å². The van der Waals surface area contributed by atoms with Crippen LogP contribution in [-0.4, -0.2) is 5.91 Å². The number of hydrogen-bond donors (Lipinski definition) is 1. The molecular formula is C15H10BrCl2NO. The van der Waals surface area contributed by atoms with E-state index in [1.54, 1.807) is 6.07 Å². The Morgan fingerprint density at radius 1 is 1.25 bits per heavy atom. The zero-order valence-corrected chi connectivity index (χ0v) is 13.4. The van der Waals surface area contributed by atoms with Crippen molar-refractivity contribution in [1.29, 1.82) is 0 Å². The second-order valence-electron chi connectivity index (χ2n) is 4.67. The first-order valence-corrected chi connectivity index (χ1v) is 7.67. The van der Waals surface area contributed by atoms with Crippen molar-refractivity contribution in [2.75, 3.05) is 5.32 Å². The van der Waals surface area contributed by atoms with Gasteiger partial charge in [-0.25, -0.2) is 0 Å². The predicted octanol–water partition coefficient (Wildman–Crippen LogP) is 4.93. The van der Waals surface area contributed by atoms with E-state index in [1.165, 1.54) is 0 Å². The lowest BCUT2D eigenvalue weighted by Crippen LogP contribution is -2.03. The van der Waals surface area contributed by atoms with Gasteiger partial charge in [0.15, 0.2) is 0 Å². The number of alkyl halides is 1. The minimum absolute atomic E-state index is 0.0122. The van der Waals surface area contributed by atoms with Crippen LogP contribution in [0.25, 0.3) is 0 Å². The molecule has 1 aliphatic rings. The number of anilines is 1. The maximum absolute atomic E-state index is 11.4. The van der Waals surface area contributed by atoms with Crippen LogP contribution in [-0.2, 0) is 11.2 Å². The number of fused-ring (bicyclic) bond motifs is 1. The molecule has 1 heterocycles. The molecule has 1 N–H and O–H groups in total. The molecule has 1 atom stereocenters. The summed E-state index contributed by atoms with van der Waals surface area (Å²) in [5.41, 5.74) is 3.50. The molecule has 1 amide bonds. The summed E-state index contributed by atoms with van der Waals surface area (Å²) in [6.07, 6.45) is 0.377. The molecule has 0 radical (unpaired) electrons. The fourth-order valence-corrected chi connectivity index (χ4v) is 3.37. The molecule has 0 fully saturated rings. The highest BCUT2D eigenvalue weighted by atomic mass is 79.9. The Bertz CT molecular complexity index is 702. The minimum atomic E-state index is -0.346. The third-order valence-electron chi connectivity index (χ3n) is 3.26. The zero-order chi connectivity index (χ0) is 14.3. The van der Waals surface area contributed by atoms with Crippen LogP contribution in [0.15, 0.2) is 40.9 Å². The summed E-state index contributed by atoms with van der Waals surface area (Å²) in [5, 5.41) is 2.99. The number of halogens is 3. The Balaban J connectivity index is 2.02. The van der Waals surface area contributed by atoms with Crippen LogP contribution in [0.4, 0.5) is 5.69 Å². The van der Waals surface area contributed by atoms with Gasteiger partial charge in [0.25, 0.3) is 0 Å². The first-order valence-electron chi connectivity index (χ1n) is 6.06. The second-order valence-corrected chi connectivity index (χ2v) is 6.43. The van der Waals surface area contributed by atoms with Gasteiger partial charge in [0.05, 0.1) is 11.8 Å². The van der Waals surface area contributed by atoms with E-state index in [4.69, 9.17) is 23.2 Å². The van der Waals surface area contributed by atoms with Crippen molar-refractivity contribution in [3.05, 3.63) is 62.6 Å². The van der Waals surface area contributed by atoms with Crippen LogP contribution in [0.1, 0.15) is 22.1 Å². The molecule has 1 unspecified atom stereocenters. The van der Waals surface area contributed by atoms with Gasteiger partial charge < -0.3 is 5.32 Å². The number of amides is 1. The van der Waals surface area contributed by atoms with Crippen LogP contribution in [0.5, 0.6) is 0 Å². The molecule has 2 nitrogen and oxygen atoms in total. The molecule has 0 spiro atoms. The normalized spacial score (nSPS) is 14.8. The maximum atomic E-state index is 11.4. The molecule has 2 aromatic carbocycles. The average molecular weight is 371 g/mol. The van der Waals surface area contributed by atoms with E-state index >= 15 is 0 Å². The van der Waals surface area contributed by atoms with Gasteiger partial charge in [0.2, 0.25) is 5.91 Å². The van der Waals surface area contributed by atoms with Crippen molar-refractivity contribution in [2.45, 2.75) is 11.8 Å². The minimum Gasteiger partial charge on any atom is -0.325 e. The van der Waals surface area contributed by atoms with Gasteiger partial charge in [-0.3, -0.25) is 4.79 Å². The highest BCUT2D eigenvalue weighted by Gasteiger charge is 2.22. The van der Waals surface area contributed by atoms with Crippen LogP contribution in [0.2, 0.25) is 5.02 Å². The Labute approximate surface area is 135 Å². The van der Waals surface area contributed by atoms with Gasteiger partial charge >= 0.3 is 0 Å². The van der Waals surface area contributed by atoms with Gasteiger partial charge in [-0.1, -0.05) is 39.7 Å². The quantitative estimate of drug-likeness (QED) is 0.746. The van der Waals surface area contributed by atoms with Crippen LogP contribution in [0.3, 0.4) is 0 Å². The molecule has 3 rings (SSSR count). The van der Waals surface area contributed by atoms with Crippen molar-refractivity contribution in [1.82, 2.24) is 0 Å². The SMILES string of the molecule is O=C1Cc2cc(C(Cl)c3cccc(Br)c3)c(Cl)cc2N1. The summed E-state index contributed by atoms with van der Waals surface area (Å²) in [6.45, 7) is 0. The number of carbonyl (C=O) groups is 1. The monoisotopic (exact) mass is 369 g/mol. The molecule has 20 heavy (non-hydrogen) atoms. The summed E-state index contributed by atoms with van der Waals surface area (Å²) in [4.78, 5) is 11.4. The fraction of sp³-hybridized carbons (Fsp3) is 0.133. The lowest BCUT2D eigenvalue weighted by molar-refractivity contribution is -0.115. The van der Waals surface area contributed by atoms with Gasteiger partial charge in [-0.2, -0.15) is 0 Å². The van der Waals surface area contributed by atoms with Crippen molar-refractivity contribution >= 4 is 50.7 Å². The summed E-state index contributed by atoms with van der Waals surface area (Å²) in [6, 6.07) is 11.5. The molecule has 0 aliphatic carbocycles. The van der Waals surface area contributed by atoms with E-state index in [2.05, 4.69) is 21.2 Å². The molecule has 5 heteroatoms. The molecule has 0 saturated carbocycles. The summed E-state index contributed by atoms with van der Waals surface area (Å²) >= 11 is 16.3. The highest BCUT2D eigenvalue weighted by Crippen LogP contribution is 2.38. The Hall–Kier alpha value is -1.03. The zero-order valence-electron chi connectivity index (χ0n) is 10.3. The topological polar surface area (TPSA) is 29.1 Å². The molecule has 0 aromatic heterocycles. The molecular weight excluding hydrogens is 361 g/mol. The van der Waals surface area contributed by atoms with E-state index in [0.717, 1.165) is 26.9 Å². The summed E-state index contributed by atoms with van der Waals surface area (Å²) < 4.78 is 0.967. The smallest absolute Gasteiger partial charge is 0.228 e. The van der Waals surface area contributed by atoms with Gasteiger partial charge in [0, 0.05) is 15.2 Å². The largest absolute Gasteiger partial charge is 0.325 e. The Morgan fingerprint density at radius 2 is 2.05 bits per heavy atom. The van der Waals surface area contributed by atoms with E-state index in [1.807, 2.05) is 30.3 Å². The number of benzene rings is 2. The van der Waals surface area contributed by atoms with Crippen molar-refractivity contribution in [2.24, 2.45) is 0 Å². The summed E-state index contributed by atoms with van der Waals surface area (Å²) in [5.74, 6) is -0.0122. The lowest BCUT2D eigenvalue weighted by atomic mass is 10.0. The molecule has 0 bridgehead atoms. The van der Waals surface area contributed by atoms with Crippen LogP contribution >= 0.6 is 39.1 Å². The van der Waals surface area contributed by atoms with Crippen LogP contribution in [0, 0.1) is 0 Å². The van der Waals surface area contributed by atoms with Gasteiger partial charge in [-0.15, -0.1) is 11.6 Å². The number of carbonyl (C=O) groups excluding carboxylic acids is 1. The van der Waals surface area contributed by atoms with Crippen molar-refractivity contribution in [3.63, 3.8) is 0 Å². The maximum Gasteiger partial charge on any atom is 0.228 e. The summed E-state index contributed by atoms with van der Waals surface area (Å²) in [7, 11) is 0. The third kappa shape index (κ3) is 2.58. The van der Waals surface area contributed by atoms with E-state index in [9.17, 15) is 4.79 Å². The molecule has 0 saturated heterocycles. The number of rotatable bonds is 2. The number of hydrogen-bond acceptors (Lipinski definition) is 1. The standard InChI is InChI=1S/C15H10BrCl2NO/c16-10-3-1-2-8(4-10)15(18)11-5-9-6-14(20)19-13(9)7-12(11)17/h1-5,7,15H,6H2,(H,19,20). The first-order chi connectivity index (χ1) is 9.54. The third-order valence-corrected chi connectivity index (χ3v) is 4.57. The first kappa shape index (κ1) is 13.9. The van der Waals surface area contributed by atoms with E-state index in [-0.39, 0.29) is 11.3 Å². The van der Waals surface area contributed by atoms with Crippen molar-refractivity contribution in [3.8, 4) is 0 Å². The van der Waals surface area contributed by atoms with Gasteiger partial charge in [-0.05, 0) is 41.0 Å². The number of nitrogens with one attached hydrogen (secondary N) is 1. The van der Waals surface area contributed by atoms with Gasteiger partial charge in [0.1, 0.15) is 0 Å². The average Bonchev–Trinajstić information content (AvgIpc) is 2.76. The predicted molar refractivity (Wildman–Crippen MR) is 85.6 cm³/mol.